The van der Waals surface area contributed by atoms with Crippen molar-refractivity contribution in [2.45, 2.75) is 19.4 Å². The number of para-hydroxylation sites is 1. The van der Waals surface area contributed by atoms with Gasteiger partial charge in [-0.3, -0.25) is 9.59 Å². The van der Waals surface area contributed by atoms with E-state index in [-0.39, 0.29) is 11.5 Å². The third-order valence-corrected chi connectivity index (χ3v) is 5.42. The molecule has 4 aromatic rings. The lowest BCUT2D eigenvalue weighted by Gasteiger charge is -2.16. The van der Waals surface area contributed by atoms with E-state index >= 15 is 0 Å². The van der Waals surface area contributed by atoms with Crippen LogP contribution in [0.4, 0.5) is 0 Å². The van der Waals surface area contributed by atoms with Crippen molar-refractivity contribution in [2.24, 2.45) is 7.05 Å². The van der Waals surface area contributed by atoms with Gasteiger partial charge < -0.3 is 14.6 Å². The summed E-state index contributed by atoms with van der Waals surface area (Å²) < 4.78 is 8.36. The summed E-state index contributed by atoms with van der Waals surface area (Å²) in [6.07, 6.45) is 2.37. The van der Waals surface area contributed by atoms with Crippen LogP contribution in [0.5, 0.6) is 5.75 Å². The molecule has 0 saturated heterocycles. The maximum absolute atomic E-state index is 13.0. The lowest BCUT2D eigenvalue weighted by Crippen LogP contribution is -2.33. The highest BCUT2D eigenvalue weighted by Gasteiger charge is 2.22. The molecule has 0 spiro atoms. The van der Waals surface area contributed by atoms with Crippen LogP contribution in [0, 0.1) is 0 Å². The minimum Gasteiger partial charge on any atom is -0.497 e. The zero-order valence-corrected chi connectivity index (χ0v) is 17.3. The van der Waals surface area contributed by atoms with Gasteiger partial charge in [-0.05, 0) is 37.1 Å². The molecule has 0 aliphatic heterocycles. The third kappa shape index (κ3) is 3.43. The van der Waals surface area contributed by atoms with Crippen molar-refractivity contribution in [1.82, 2.24) is 19.7 Å². The Hall–Kier alpha value is -3.61. The summed E-state index contributed by atoms with van der Waals surface area (Å²) in [6, 6.07) is 14.9. The highest BCUT2D eigenvalue weighted by Crippen LogP contribution is 2.29. The van der Waals surface area contributed by atoms with Crippen molar-refractivity contribution in [3.8, 4) is 5.75 Å². The fourth-order valence-electron chi connectivity index (χ4n) is 3.81. The van der Waals surface area contributed by atoms with Crippen LogP contribution in [0.15, 0.2) is 59.5 Å². The average molecular weight is 404 g/mol. The first-order valence-electron chi connectivity index (χ1n) is 9.87. The number of methoxy groups -OCH3 is 1. The summed E-state index contributed by atoms with van der Waals surface area (Å²) in [5.41, 5.74) is 2.19. The number of carbonyl (C=O) groups excluding carboxylic acids is 1. The van der Waals surface area contributed by atoms with E-state index in [1.165, 1.54) is 4.68 Å². The van der Waals surface area contributed by atoms with E-state index in [9.17, 15) is 9.59 Å². The number of aryl methyl sites for hydroxylation is 1. The Balaban J connectivity index is 1.62. The molecule has 0 radical (unpaired) electrons. The van der Waals surface area contributed by atoms with Crippen molar-refractivity contribution in [3.63, 3.8) is 0 Å². The first-order chi connectivity index (χ1) is 14.5. The van der Waals surface area contributed by atoms with E-state index in [2.05, 4.69) is 10.4 Å². The summed E-state index contributed by atoms with van der Waals surface area (Å²) in [5, 5.41) is 8.81. The highest BCUT2D eigenvalue weighted by atomic mass is 16.5. The van der Waals surface area contributed by atoms with Crippen molar-refractivity contribution >= 4 is 27.7 Å². The fourth-order valence-corrected chi connectivity index (χ4v) is 3.81. The van der Waals surface area contributed by atoms with E-state index in [0.717, 1.165) is 27.6 Å². The van der Waals surface area contributed by atoms with Gasteiger partial charge in [0.2, 0.25) is 5.91 Å². The molecule has 2 heterocycles. The zero-order valence-electron chi connectivity index (χ0n) is 17.3. The average Bonchev–Trinajstić information content (AvgIpc) is 3.11. The van der Waals surface area contributed by atoms with Crippen LogP contribution in [0.25, 0.3) is 21.8 Å². The summed E-state index contributed by atoms with van der Waals surface area (Å²) >= 11 is 0. The van der Waals surface area contributed by atoms with Crippen molar-refractivity contribution < 1.29 is 9.53 Å². The molecular formula is C23H24N4O3. The van der Waals surface area contributed by atoms with Gasteiger partial charge in [0.05, 0.1) is 18.8 Å². The van der Waals surface area contributed by atoms with Crippen molar-refractivity contribution in [3.05, 3.63) is 70.6 Å². The largest absolute Gasteiger partial charge is 0.497 e. The number of benzene rings is 2. The number of aromatic nitrogens is 3. The molecule has 2 aromatic carbocycles. The lowest BCUT2D eigenvalue weighted by molar-refractivity contribution is -0.123. The molecular weight excluding hydrogens is 380 g/mol. The minimum absolute atomic E-state index is 0.139. The normalized spacial score (nSPS) is 12.2. The second-order valence-corrected chi connectivity index (χ2v) is 7.29. The molecule has 154 valence electrons. The number of carbonyl (C=O) groups is 1. The van der Waals surface area contributed by atoms with Crippen molar-refractivity contribution in [1.29, 1.82) is 0 Å². The smallest absolute Gasteiger partial charge is 0.291 e. The molecule has 0 aliphatic rings. The Kier molecular flexibility index (Phi) is 5.27. The molecule has 30 heavy (non-hydrogen) atoms. The Morgan fingerprint density at radius 1 is 1.17 bits per heavy atom. The maximum atomic E-state index is 13.0. The Morgan fingerprint density at radius 3 is 2.77 bits per heavy atom. The predicted octanol–water partition coefficient (Wildman–Crippen LogP) is 2.82. The summed E-state index contributed by atoms with van der Waals surface area (Å²) in [5.74, 6) is 0.654. The topological polar surface area (TPSA) is 78.2 Å². The number of rotatable bonds is 6. The van der Waals surface area contributed by atoms with Crippen LogP contribution >= 0.6 is 0 Å². The zero-order chi connectivity index (χ0) is 21.3. The molecule has 1 atom stereocenters. The van der Waals surface area contributed by atoms with Crippen molar-refractivity contribution in [2.75, 3.05) is 13.7 Å². The van der Waals surface area contributed by atoms with Gasteiger partial charge in [-0.15, -0.1) is 0 Å². The van der Waals surface area contributed by atoms with E-state index < -0.39 is 6.04 Å². The summed E-state index contributed by atoms with van der Waals surface area (Å²) in [7, 11) is 3.25. The van der Waals surface area contributed by atoms with E-state index in [0.29, 0.717) is 18.5 Å². The minimum atomic E-state index is -0.548. The van der Waals surface area contributed by atoms with Crippen LogP contribution in [0.3, 0.4) is 0 Å². The molecule has 2 aromatic heterocycles. The summed E-state index contributed by atoms with van der Waals surface area (Å²) in [6.45, 7) is 2.31. The van der Waals surface area contributed by atoms with Gasteiger partial charge in [-0.25, -0.2) is 4.68 Å². The fraction of sp³-hybridized carbons (Fsp3) is 0.261. The number of ether oxygens (including phenoxy) is 1. The molecule has 4 rings (SSSR count). The van der Waals surface area contributed by atoms with Gasteiger partial charge in [-0.1, -0.05) is 30.3 Å². The molecule has 1 N–H and O–H groups in total. The number of amides is 1. The lowest BCUT2D eigenvalue weighted by atomic mass is 10.1. The second-order valence-electron chi connectivity index (χ2n) is 7.29. The van der Waals surface area contributed by atoms with Gasteiger partial charge in [0, 0.05) is 24.4 Å². The number of hydrogen-bond acceptors (Lipinski definition) is 4. The monoisotopic (exact) mass is 404 g/mol. The molecule has 7 heteroatoms. The number of hydrogen-bond donors (Lipinski definition) is 1. The highest BCUT2D eigenvalue weighted by molar-refractivity contribution is 6.08. The molecule has 0 fully saturated rings. The molecule has 0 aliphatic carbocycles. The number of fused-ring (bicyclic) bond motifs is 3. The first-order valence-corrected chi connectivity index (χ1v) is 9.87. The van der Waals surface area contributed by atoms with Crippen LogP contribution < -0.4 is 15.6 Å². The van der Waals surface area contributed by atoms with Gasteiger partial charge in [0.15, 0.2) is 0 Å². The van der Waals surface area contributed by atoms with Gasteiger partial charge >= 0.3 is 0 Å². The van der Waals surface area contributed by atoms with E-state index in [1.54, 1.807) is 20.4 Å². The van der Waals surface area contributed by atoms with Gasteiger partial charge in [-0.2, -0.15) is 5.10 Å². The molecule has 0 saturated carbocycles. The molecule has 7 nitrogen and oxygen atoms in total. The third-order valence-electron chi connectivity index (χ3n) is 5.42. The number of nitrogens with one attached hydrogen (secondary N) is 1. The first kappa shape index (κ1) is 19.7. The van der Waals surface area contributed by atoms with Crippen LogP contribution in [-0.2, 0) is 18.3 Å². The van der Waals surface area contributed by atoms with Gasteiger partial charge in [0.1, 0.15) is 17.3 Å². The Bertz CT molecular complexity index is 1290. The Morgan fingerprint density at radius 2 is 1.97 bits per heavy atom. The van der Waals surface area contributed by atoms with Gasteiger partial charge in [0.25, 0.3) is 5.56 Å². The van der Waals surface area contributed by atoms with Crippen LogP contribution in [0.2, 0.25) is 0 Å². The van der Waals surface area contributed by atoms with E-state index in [4.69, 9.17) is 4.74 Å². The SMILES string of the molecule is COc1cccc(CCNC(=O)[C@H](C)n2c3ccccc3c3cnn(C)c(=O)c32)c1. The van der Waals surface area contributed by atoms with Crippen LogP contribution in [-0.4, -0.2) is 33.9 Å². The Labute approximate surface area is 173 Å². The standard InChI is InChI=1S/C23H24N4O3/c1-15(22(28)24-12-11-16-7-6-8-17(13-16)30-3)27-20-10-5-4-9-18(20)19-14-25-26(2)23(29)21(19)27/h4-10,13-15H,11-12H2,1-3H3,(H,24,28)/t15-/m0/s1. The molecule has 0 unspecified atom stereocenters. The molecule has 0 bridgehead atoms. The van der Waals surface area contributed by atoms with Crippen LogP contribution in [0.1, 0.15) is 18.5 Å². The maximum Gasteiger partial charge on any atom is 0.291 e. The summed E-state index contributed by atoms with van der Waals surface area (Å²) in [4.78, 5) is 25.8. The predicted molar refractivity (Wildman–Crippen MR) is 117 cm³/mol. The second kappa shape index (κ2) is 8.02. The quantitative estimate of drug-likeness (QED) is 0.536. The number of nitrogens with zero attached hydrogens (tertiary/aromatic N) is 3. The van der Waals surface area contributed by atoms with E-state index in [1.807, 2.05) is 60.0 Å². The molecule has 1 amide bonds.